The second-order valence-corrected chi connectivity index (χ2v) is 9.82. The van der Waals surface area contributed by atoms with E-state index in [1.54, 1.807) is 11.9 Å². The number of ether oxygens (including phenoxy) is 1. The summed E-state index contributed by atoms with van der Waals surface area (Å²) < 4.78 is 10.4. The zero-order valence-corrected chi connectivity index (χ0v) is 22.5. The molecule has 0 radical (unpaired) electrons. The molecule has 0 atom stereocenters. The summed E-state index contributed by atoms with van der Waals surface area (Å²) >= 11 is 1.78. The third-order valence-electron chi connectivity index (χ3n) is 6.19. The van der Waals surface area contributed by atoms with Crippen molar-refractivity contribution in [3.8, 4) is 0 Å². The molecule has 3 heterocycles. The Morgan fingerprint density at radius 2 is 2.00 bits per heavy atom. The van der Waals surface area contributed by atoms with Gasteiger partial charge in [-0.25, -0.2) is 9.29 Å². The monoisotopic (exact) mass is 503 g/mol. The van der Waals surface area contributed by atoms with E-state index >= 15 is 0 Å². The topological polar surface area (TPSA) is 86.6 Å². The van der Waals surface area contributed by atoms with E-state index in [9.17, 15) is 4.79 Å². The number of allylic oxidation sites excluding steroid dienone is 2. The third kappa shape index (κ3) is 7.00. The minimum atomic E-state index is -0.112. The first-order valence-electron chi connectivity index (χ1n) is 12.9. The van der Waals surface area contributed by atoms with Gasteiger partial charge in [-0.3, -0.25) is 9.69 Å². The Balaban J connectivity index is 1.90. The van der Waals surface area contributed by atoms with Crippen molar-refractivity contribution in [2.75, 3.05) is 51.7 Å². The molecule has 35 heavy (non-hydrogen) atoms. The lowest BCUT2D eigenvalue weighted by atomic mass is 10.1. The van der Waals surface area contributed by atoms with E-state index in [2.05, 4.69) is 40.3 Å². The van der Waals surface area contributed by atoms with Gasteiger partial charge in [0.05, 0.1) is 24.3 Å². The number of aromatic nitrogens is 3. The highest BCUT2D eigenvalue weighted by Crippen LogP contribution is 2.26. The summed E-state index contributed by atoms with van der Waals surface area (Å²) in [6, 6.07) is 0. The third-order valence-corrected chi connectivity index (χ3v) is 7.24. The van der Waals surface area contributed by atoms with Gasteiger partial charge in [0.2, 0.25) is 0 Å². The van der Waals surface area contributed by atoms with Gasteiger partial charge in [-0.2, -0.15) is 0 Å². The Labute approximate surface area is 213 Å². The highest BCUT2D eigenvalue weighted by atomic mass is 32.2. The molecule has 1 fully saturated rings. The molecule has 2 N–H and O–H groups in total. The van der Waals surface area contributed by atoms with Crippen LogP contribution in [0.25, 0.3) is 16.6 Å². The van der Waals surface area contributed by atoms with E-state index in [0.717, 1.165) is 86.7 Å². The molecular formula is C26H41N5O3S. The number of fused-ring (bicyclic) bond motifs is 1. The zero-order valence-electron chi connectivity index (χ0n) is 21.7. The molecule has 9 heteroatoms. The second-order valence-electron chi connectivity index (χ2n) is 8.71. The second kappa shape index (κ2) is 13.9. The fourth-order valence-corrected chi connectivity index (χ4v) is 5.27. The fourth-order valence-electron chi connectivity index (χ4n) is 4.39. The number of aliphatic hydroxyl groups excluding tert-OH is 1. The van der Waals surface area contributed by atoms with Gasteiger partial charge in [-0.05, 0) is 38.3 Å². The predicted molar refractivity (Wildman–Crippen MR) is 146 cm³/mol. The lowest BCUT2D eigenvalue weighted by molar-refractivity contribution is 0.156. The van der Waals surface area contributed by atoms with E-state index in [1.165, 1.54) is 0 Å². The number of nitrogens with zero attached hydrogens (tertiary/aromatic N) is 4. The number of aromatic amines is 1. The molecule has 194 valence electrons. The van der Waals surface area contributed by atoms with Crippen molar-refractivity contribution in [1.29, 1.82) is 0 Å². The number of nitrogens with one attached hydrogen (secondary N) is 1. The molecule has 0 amide bonds. The van der Waals surface area contributed by atoms with Crippen LogP contribution in [-0.2, 0) is 17.7 Å². The number of β-amino-alcohol motifs (C(OH)–C–C–N with tert-alkyl or cyclic N) is 1. The van der Waals surface area contributed by atoms with Crippen LogP contribution in [0.3, 0.4) is 0 Å². The van der Waals surface area contributed by atoms with Gasteiger partial charge in [0.25, 0.3) is 5.56 Å². The lowest BCUT2D eigenvalue weighted by Gasteiger charge is -2.33. The van der Waals surface area contributed by atoms with Crippen LogP contribution in [0.2, 0.25) is 0 Å². The number of piperazine rings is 1. The van der Waals surface area contributed by atoms with Crippen molar-refractivity contribution < 1.29 is 9.84 Å². The zero-order chi connectivity index (χ0) is 25.2. The molecule has 8 nitrogen and oxygen atoms in total. The molecule has 0 aliphatic carbocycles. The molecule has 0 aromatic carbocycles. The summed E-state index contributed by atoms with van der Waals surface area (Å²) in [5.74, 6) is 2.06. The normalized spacial score (nSPS) is 16.4. The molecule has 1 saturated heterocycles. The van der Waals surface area contributed by atoms with Gasteiger partial charge < -0.3 is 19.4 Å². The Kier molecular flexibility index (Phi) is 10.9. The van der Waals surface area contributed by atoms with E-state index in [4.69, 9.17) is 14.8 Å². The first kappa shape index (κ1) is 27.5. The van der Waals surface area contributed by atoms with Gasteiger partial charge in [-0.1, -0.05) is 38.3 Å². The van der Waals surface area contributed by atoms with Gasteiger partial charge in [0, 0.05) is 51.2 Å². The number of H-pyrrole nitrogens is 1. The van der Waals surface area contributed by atoms with Crippen LogP contribution in [-0.4, -0.2) is 80.5 Å². The number of aliphatic hydroxyl groups is 1. The highest BCUT2D eigenvalue weighted by Gasteiger charge is 2.19. The highest BCUT2D eigenvalue weighted by molar-refractivity contribution is 7.97. The van der Waals surface area contributed by atoms with Crippen LogP contribution in [0.1, 0.15) is 51.9 Å². The summed E-state index contributed by atoms with van der Waals surface area (Å²) in [5.41, 5.74) is 3.27. The van der Waals surface area contributed by atoms with Crippen LogP contribution in [0.5, 0.6) is 0 Å². The molecule has 1 aliphatic rings. The van der Waals surface area contributed by atoms with Crippen LogP contribution in [0, 0.1) is 0 Å². The van der Waals surface area contributed by atoms with E-state index in [0.29, 0.717) is 17.9 Å². The summed E-state index contributed by atoms with van der Waals surface area (Å²) in [5, 5.41) is 9.16. The molecule has 2 aromatic heterocycles. The summed E-state index contributed by atoms with van der Waals surface area (Å²) in [4.78, 5) is 23.5. The summed E-state index contributed by atoms with van der Waals surface area (Å²) in [6.07, 6.45) is 8.93. The standard InChI is InChI=1S/C26H41N5O3S/c1-5-9-20-19-30(8-4)24-23(20)27-25(28-26(24)33)21(22(7-3)34-17-6-2)10-18-35-31-13-11-29(12-14-31)15-16-32/h7,10,19,32H,5-6,8-9,11-18H2,1-4H3,(H,27,28,33)/b21-10+,22-7+. The van der Waals surface area contributed by atoms with Crippen molar-refractivity contribution in [3.05, 3.63) is 45.8 Å². The number of hydrogen-bond donors (Lipinski definition) is 2. The van der Waals surface area contributed by atoms with Crippen molar-refractivity contribution in [2.45, 2.75) is 53.5 Å². The average molecular weight is 504 g/mol. The maximum atomic E-state index is 13.2. The lowest BCUT2D eigenvalue weighted by Crippen LogP contribution is -2.44. The van der Waals surface area contributed by atoms with Crippen LogP contribution in [0.15, 0.2) is 28.9 Å². The Morgan fingerprint density at radius 3 is 2.63 bits per heavy atom. The fraction of sp³-hybridized carbons (Fsp3) is 0.615. The minimum absolute atomic E-state index is 0.112. The average Bonchev–Trinajstić information content (AvgIpc) is 3.22. The molecule has 0 saturated carbocycles. The summed E-state index contributed by atoms with van der Waals surface area (Å²) in [6.45, 7) is 14.4. The molecule has 0 unspecified atom stereocenters. The predicted octanol–water partition coefficient (Wildman–Crippen LogP) is 3.67. The minimum Gasteiger partial charge on any atom is -0.493 e. The maximum absolute atomic E-state index is 13.2. The molecule has 2 aromatic rings. The van der Waals surface area contributed by atoms with Gasteiger partial charge in [0.15, 0.2) is 0 Å². The van der Waals surface area contributed by atoms with Crippen molar-refractivity contribution in [3.63, 3.8) is 0 Å². The van der Waals surface area contributed by atoms with Gasteiger partial charge >= 0.3 is 0 Å². The van der Waals surface area contributed by atoms with Crippen molar-refractivity contribution in [1.82, 2.24) is 23.7 Å². The largest absolute Gasteiger partial charge is 0.493 e. The number of aryl methyl sites for hydroxylation is 2. The van der Waals surface area contributed by atoms with Crippen LogP contribution < -0.4 is 5.56 Å². The first-order valence-corrected chi connectivity index (χ1v) is 13.8. The molecule has 1 aliphatic heterocycles. The van der Waals surface area contributed by atoms with Gasteiger partial charge in [-0.15, -0.1) is 0 Å². The van der Waals surface area contributed by atoms with E-state index in [1.807, 2.05) is 24.5 Å². The molecule has 3 rings (SSSR count). The number of hydrogen-bond acceptors (Lipinski definition) is 7. The van der Waals surface area contributed by atoms with Crippen LogP contribution in [0.4, 0.5) is 0 Å². The Morgan fingerprint density at radius 1 is 1.23 bits per heavy atom. The molecule has 0 spiro atoms. The molecule has 0 bridgehead atoms. The summed E-state index contributed by atoms with van der Waals surface area (Å²) in [7, 11) is 0. The van der Waals surface area contributed by atoms with Crippen molar-refractivity contribution >= 4 is 28.6 Å². The van der Waals surface area contributed by atoms with Gasteiger partial charge in [0.1, 0.15) is 17.1 Å². The number of rotatable bonds is 13. The SMILES string of the molecule is C/C=C(OCCC)\C(=C/CSN1CCN(CCO)CC1)c1nc2c(CCC)cn(CC)c2c(=O)[nH]1. The van der Waals surface area contributed by atoms with Crippen LogP contribution >= 0.6 is 11.9 Å². The van der Waals surface area contributed by atoms with E-state index in [-0.39, 0.29) is 12.2 Å². The maximum Gasteiger partial charge on any atom is 0.275 e. The quantitative estimate of drug-likeness (QED) is 0.245. The van der Waals surface area contributed by atoms with Crippen molar-refractivity contribution in [2.24, 2.45) is 0 Å². The smallest absolute Gasteiger partial charge is 0.275 e. The Hall–Kier alpha value is -2.07. The molecular weight excluding hydrogens is 462 g/mol. The van der Waals surface area contributed by atoms with E-state index < -0.39 is 0 Å². The first-order chi connectivity index (χ1) is 17.1. The Bertz CT molecular complexity index is 1070.